The molecular formula is C13H11ClN2O2S. The first-order valence-corrected chi connectivity index (χ1v) is 6.99. The van der Waals surface area contributed by atoms with Crippen molar-refractivity contribution in [3.63, 3.8) is 0 Å². The molecule has 0 saturated heterocycles. The highest BCUT2D eigenvalue weighted by molar-refractivity contribution is 8.00. The fourth-order valence-electron chi connectivity index (χ4n) is 1.52. The average molecular weight is 295 g/mol. The van der Waals surface area contributed by atoms with Crippen LogP contribution in [0.4, 0.5) is 0 Å². The van der Waals surface area contributed by atoms with E-state index in [9.17, 15) is 4.79 Å². The van der Waals surface area contributed by atoms with E-state index >= 15 is 0 Å². The number of nitrogens with zero attached hydrogens (tertiary/aromatic N) is 1. The van der Waals surface area contributed by atoms with Gasteiger partial charge in [0.2, 0.25) is 11.8 Å². The molecule has 19 heavy (non-hydrogen) atoms. The van der Waals surface area contributed by atoms with Crippen LogP contribution in [0.5, 0.6) is 0 Å². The van der Waals surface area contributed by atoms with Gasteiger partial charge in [-0.25, -0.2) is 0 Å². The van der Waals surface area contributed by atoms with Crippen molar-refractivity contribution in [3.8, 4) is 6.07 Å². The smallest absolute Gasteiger partial charge is 0.237 e. The lowest BCUT2D eigenvalue weighted by Gasteiger charge is -2.06. The SMILES string of the molecule is N#CC1=C(NC(=O)CSc2ccc(Cl)cc2)OCC1. The summed E-state index contributed by atoms with van der Waals surface area (Å²) in [5.41, 5.74) is 0.491. The van der Waals surface area contributed by atoms with Crippen molar-refractivity contribution in [2.75, 3.05) is 12.4 Å². The standard InChI is InChI=1S/C13H11ClN2O2S/c14-10-1-3-11(4-2-10)19-8-12(17)16-13-9(7-15)5-6-18-13/h1-4H,5-6,8H2,(H,16,17). The molecule has 1 N–H and O–H groups in total. The molecule has 0 fully saturated rings. The van der Waals surface area contributed by atoms with Crippen LogP contribution >= 0.6 is 23.4 Å². The zero-order chi connectivity index (χ0) is 13.7. The van der Waals surface area contributed by atoms with E-state index in [-0.39, 0.29) is 11.7 Å². The number of nitriles is 1. The third-order valence-corrected chi connectivity index (χ3v) is 3.71. The lowest BCUT2D eigenvalue weighted by atomic mass is 10.2. The number of nitrogens with one attached hydrogen (secondary N) is 1. The quantitative estimate of drug-likeness (QED) is 0.867. The van der Waals surface area contributed by atoms with Crippen LogP contribution in [0.3, 0.4) is 0 Å². The van der Waals surface area contributed by atoms with Crippen LogP contribution in [0.1, 0.15) is 6.42 Å². The number of amides is 1. The number of hydrogen-bond donors (Lipinski definition) is 1. The van der Waals surface area contributed by atoms with Crippen molar-refractivity contribution in [1.82, 2.24) is 5.32 Å². The molecule has 2 rings (SSSR count). The van der Waals surface area contributed by atoms with Gasteiger partial charge in [0.1, 0.15) is 6.07 Å². The summed E-state index contributed by atoms with van der Waals surface area (Å²) >= 11 is 7.18. The maximum absolute atomic E-state index is 11.7. The molecule has 1 amide bonds. The zero-order valence-electron chi connectivity index (χ0n) is 9.98. The predicted octanol–water partition coefficient (Wildman–Crippen LogP) is 2.70. The highest BCUT2D eigenvalue weighted by Crippen LogP contribution is 2.21. The maximum atomic E-state index is 11.7. The van der Waals surface area contributed by atoms with Gasteiger partial charge in [-0.3, -0.25) is 10.1 Å². The van der Waals surface area contributed by atoms with Gasteiger partial charge in [0, 0.05) is 16.3 Å². The summed E-state index contributed by atoms with van der Waals surface area (Å²) in [5, 5.41) is 12.1. The van der Waals surface area contributed by atoms with Crippen LogP contribution < -0.4 is 5.32 Å². The summed E-state index contributed by atoms with van der Waals surface area (Å²) in [6.45, 7) is 0.447. The maximum Gasteiger partial charge on any atom is 0.237 e. The summed E-state index contributed by atoms with van der Waals surface area (Å²) in [6, 6.07) is 9.28. The van der Waals surface area contributed by atoms with Gasteiger partial charge >= 0.3 is 0 Å². The molecule has 1 heterocycles. The Bertz CT molecular complexity index is 549. The van der Waals surface area contributed by atoms with Crippen LogP contribution in [0.2, 0.25) is 5.02 Å². The van der Waals surface area contributed by atoms with E-state index in [4.69, 9.17) is 21.6 Å². The fraction of sp³-hybridized carbons (Fsp3) is 0.231. The Morgan fingerprint density at radius 1 is 1.47 bits per heavy atom. The summed E-state index contributed by atoms with van der Waals surface area (Å²) in [6.07, 6.45) is 0.552. The molecule has 1 aromatic carbocycles. The number of thioether (sulfide) groups is 1. The first-order valence-electron chi connectivity index (χ1n) is 5.63. The minimum Gasteiger partial charge on any atom is -0.478 e. The number of halogens is 1. The number of carbonyl (C=O) groups is 1. The Balaban J connectivity index is 1.85. The molecular weight excluding hydrogens is 284 g/mol. The summed E-state index contributed by atoms with van der Waals surface area (Å²) in [5.74, 6) is 0.363. The van der Waals surface area contributed by atoms with Crippen molar-refractivity contribution in [1.29, 1.82) is 5.26 Å². The molecule has 0 spiro atoms. The molecule has 0 bridgehead atoms. The van der Waals surface area contributed by atoms with E-state index in [0.717, 1.165) is 4.90 Å². The fourth-order valence-corrected chi connectivity index (χ4v) is 2.34. The van der Waals surface area contributed by atoms with Crippen molar-refractivity contribution in [3.05, 3.63) is 40.7 Å². The van der Waals surface area contributed by atoms with E-state index in [1.54, 1.807) is 12.1 Å². The molecule has 1 aliphatic rings. The van der Waals surface area contributed by atoms with E-state index in [2.05, 4.69) is 5.32 Å². The van der Waals surface area contributed by atoms with Gasteiger partial charge in [-0.1, -0.05) is 11.6 Å². The highest BCUT2D eigenvalue weighted by atomic mass is 35.5. The Kier molecular flexibility index (Phi) is 4.72. The van der Waals surface area contributed by atoms with Crippen LogP contribution in [0.15, 0.2) is 40.6 Å². The lowest BCUT2D eigenvalue weighted by Crippen LogP contribution is -2.25. The van der Waals surface area contributed by atoms with Gasteiger partial charge in [0.05, 0.1) is 17.9 Å². The van der Waals surface area contributed by atoms with Gasteiger partial charge in [-0.15, -0.1) is 11.8 Å². The number of rotatable bonds is 4. The third-order valence-electron chi connectivity index (χ3n) is 2.44. The molecule has 0 radical (unpaired) electrons. The van der Waals surface area contributed by atoms with Crippen molar-refractivity contribution < 1.29 is 9.53 Å². The van der Waals surface area contributed by atoms with Crippen LogP contribution in [-0.2, 0) is 9.53 Å². The molecule has 1 aliphatic heterocycles. The van der Waals surface area contributed by atoms with Gasteiger partial charge in [-0.05, 0) is 24.3 Å². The van der Waals surface area contributed by atoms with Gasteiger partial charge in [0.25, 0.3) is 0 Å². The number of ether oxygens (including phenoxy) is 1. The molecule has 6 heteroatoms. The first kappa shape index (κ1) is 13.8. The largest absolute Gasteiger partial charge is 0.478 e. The van der Waals surface area contributed by atoms with Gasteiger partial charge in [-0.2, -0.15) is 5.26 Å². The Morgan fingerprint density at radius 2 is 2.21 bits per heavy atom. The number of hydrogen-bond acceptors (Lipinski definition) is 4. The second-order valence-electron chi connectivity index (χ2n) is 3.81. The molecule has 0 unspecified atom stereocenters. The molecule has 0 aromatic heterocycles. The number of benzene rings is 1. The van der Waals surface area contributed by atoms with Crippen LogP contribution in [0.25, 0.3) is 0 Å². The molecule has 98 valence electrons. The first-order chi connectivity index (χ1) is 9.19. The van der Waals surface area contributed by atoms with E-state index in [0.29, 0.717) is 29.5 Å². The monoisotopic (exact) mass is 294 g/mol. The van der Waals surface area contributed by atoms with Gasteiger partial charge < -0.3 is 4.74 Å². The van der Waals surface area contributed by atoms with E-state index < -0.39 is 0 Å². The van der Waals surface area contributed by atoms with E-state index in [1.165, 1.54) is 11.8 Å². The Hall–Kier alpha value is -1.64. The normalized spacial score (nSPS) is 13.9. The highest BCUT2D eigenvalue weighted by Gasteiger charge is 2.17. The topological polar surface area (TPSA) is 62.1 Å². The Labute approximate surface area is 120 Å². The van der Waals surface area contributed by atoms with Crippen molar-refractivity contribution >= 4 is 29.3 Å². The Morgan fingerprint density at radius 3 is 2.89 bits per heavy atom. The third kappa shape index (κ3) is 3.91. The lowest BCUT2D eigenvalue weighted by molar-refractivity contribution is -0.118. The zero-order valence-corrected chi connectivity index (χ0v) is 11.6. The molecule has 0 aliphatic carbocycles. The van der Waals surface area contributed by atoms with Crippen LogP contribution in [0, 0.1) is 11.3 Å². The molecule has 1 aromatic rings. The predicted molar refractivity (Wildman–Crippen MR) is 73.5 cm³/mol. The molecule has 4 nitrogen and oxygen atoms in total. The van der Waals surface area contributed by atoms with E-state index in [1.807, 2.05) is 18.2 Å². The minimum atomic E-state index is -0.190. The van der Waals surface area contributed by atoms with Gasteiger partial charge in [0.15, 0.2) is 0 Å². The summed E-state index contributed by atoms with van der Waals surface area (Å²) in [4.78, 5) is 12.7. The second-order valence-corrected chi connectivity index (χ2v) is 5.29. The molecule has 0 saturated carbocycles. The van der Waals surface area contributed by atoms with Crippen molar-refractivity contribution in [2.24, 2.45) is 0 Å². The summed E-state index contributed by atoms with van der Waals surface area (Å²) in [7, 11) is 0. The van der Waals surface area contributed by atoms with Crippen LogP contribution in [-0.4, -0.2) is 18.3 Å². The average Bonchev–Trinajstić information content (AvgIpc) is 2.85. The minimum absolute atomic E-state index is 0.190. The molecule has 0 atom stereocenters. The summed E-state index contributed by atoms with van der Waals surface area (Å²) < 4.78 is 5.19. The second kappa shape index (κ2) is 6.50. The number of carbonyl (C=O) groups excluding carboxylic acids is 1. The van der Waals surface area contributed by atoms with Crippen molar-refractivity contribution in [2.45, 2.75) is 11.3 Å².